The van der Waals surface area contributed by atoms with Gasteiger partial charge in [-0.1, -0.05) is 6.92 Å². The van der Waals surface area contributed by atoms with Gasteiger partial charge < -0.3 is 15.5 Å². The maximum absolute atomic E-state index is 4.51. The second kappa shape index (κ2) is 8.36. The Morgan fingerprint density at radius 2 is 1.70 bits per heavy atom. The Balaban J connectivity index is 2.11. The van der Waals surface area contributed by atoms with E-state index < -0.39 is 0 Å². The first-order valence-electron chi connectivity index (χ1n) is 8.37. The van der Waals surface area contributed by atoms with E-state index in [4.69, 9.17) is 0 Å². The van der Waals surface area contributed by atoms with E-state index in [1.807, 2.05) is 13.0 Å². The average Bonchev–Trinajstić information content (AvgIpc) is 2.55. The minimum Gasteiger partial charge on any atom is -0.372 e. The van der Waals surface area contributed by atoms with Crippen molar-refractivity contribution in [3.63, 3.8) is 0 Å². The fraction of sp³-hybridized carbons (Fsp3) is 0.444. The monoisotopic (exact) mass is 313 g/mol. The van der Waals surface area contributed by atoms with Crippen LogP contribution in [0.5, 0.6) is 0 Å². The number of nitrogens with one attached hydrogen (secondary N) is 2. The van der Waals surface area contributed by atoms with Crippen LogP contribution < -0.4 is 15.5 Å². The molecule has 124 valence electrons. The molecule has 1 aromatic carbocycles. The number of aromatic nitrogens is 2. The van der Waals surface area contributed by atoms with Crippen molar-refractivity contribution in [3.8, 4) is 0 Å². The number of hydrogen-bond acceptors (Lipinski definition) is 5. The van der Waals surface area contributed by atoms with Crippen LogP contribution in [0.2, 0.25) is 0 Å². The van der Waals surface area contributed by atoms with Gasteiger partial charge in [-0.15, -0.1) is 0 Å². The molecular formula is C18H27N5. The number of aryl methyl sites for hydroxylation is 1. The lowest BCUT2D eigenvalue weighted by molar-refractivity contribution is 0.866. The molecule has 0 aliphatic heterocycles. The maximum Gasteiger partial charge on any atom is 0.229 e. The minimum absolute atomic E-state index is 0.624. The molecule has 0 radical (unpaired) electrons. The van der Waals surface area contributed by atoms with Crippen LogP contribution in [0.1, 0.15) is 32.9 Å². The average molecular weight is 313 g/mol. The van der Waals surface area contributed by atoms with Crippen molar-refractivity contribution in [1.29, 1.82) is 0 Å². The zero-order valence-corrected chi connectivity index (χ0v) is 14.6. The molecule has 0 saturated heterocycles. The van der Waals surface area contributed by atoms with Gasteiger partial charge in [0, 0.05) is 42.8 Å². The number of benzene rings is 1. The van der Waals surface area contributed by atoms with Crippen molar-refractivity contribution in [2.75, 3.05) is 35.2 Å². The Morgan fingerprint density at radius 3 is 2.30 bits per heavy atom. The Kier molecular flexibility index (Phi) is 6.20. The maximum atomic E-state index is 4.51. The molecule has 0 amide bonds. The second-order valence-electron chi connectivity index (χ2n) is 5.49. The molecule has 23 heavy (non-hydrogen) atoms. The number of anilines is 4. The van der Waals surface area contributed by atoms with E-state index >= 15 is 0 Å². The van der Waals surface area contributed by atoms with Crippen LogP contribution in [-0.4, -0.2) is 29.6 Å². The predicted octanol–water partition coefficient (Wildman–Crippen LogP) is 4.20. The lowest BCUT2D eigenvalue weighted by Gasteiger charge is -2.21. The van der Waals surface area contributed by atoms with Crippen LogP contribution in [0.25, 0.3) is 0 Å². The summed E-state index contributed by atoms with van der Waals surface area (Å²) in [6.07, 6.45) is 1.07. The number of rotatable bonds is 8. The van der Waals surface area contributed by atoms with Gasteiger partial charge in [0.2, 0.25) is 5.95 Å². The van der Waals surface area contributed by atoms with Crippen molar-refractivity contribution in [1.82, 2.24) is 9.97 Å². The first kappa shape index (κ1) is 17.1. The van der Waals surface area contributed by atoms with Crippen LogP contribution >= 0.6 is 0 Å². The second-order valence-corrected chi connectivity index (χ2v) is 5.49. The molecule has 0 bridgehead atoms. The van der Waals surface area contributed by atoms with Gasteiger partial charge in [0.15, 0.2) is 0 Å². The molecule has 2 aromatic rings. The summed E-state index contributed by atoms with van der Waals surface area (Å²) in [6.45, 7) is 11.4. The van der Waals surface area contributed by atoms with Crippen molar-refractivity contribution in [2.24, 2.45) is 0 Å². The van der Waals surface area contributed by atoms with Gasteiger partial charge in [0.05, 0.1) is 0 Å². The van der Waals surface area contributed by atoms with E-state index in [1.165, 1.54) is 5.69 Å². The first-order valence-corrected chi connectivity index (χ1v) is 8.37. The molecule has 0 aliphatic carbocycles. The molecule has 5 nitrogen and oxygen atoms in total. The minimum atomic E-state index is 0.624. The summed E-state index contributed by atoms with van der Waals surface area (Å²) in [4.78, 5) is 11.3. The van der Waals surface area contributed by atoms with Crippen molar-refractivity contribution in [2.45, 2.75) is 34.1 Å². The van der Waals surface area contributed by atoms with Gasteiger partial charge in [0.25, 0.3) is 0 Å². The highest BCUT2D eigenvalue weighted by molar-refractivity contribution is 5.60. The molecule has 0 fully saturated rings. The van der Waals surface area contributed by atoms with Gasteiger partial charge in [-0.05, 0) is 51.5 Å². The smallest absolute Gasteiger partial charge is 0.229 e. The molecule has 1 aromatic heterocycles. The van der Waals surface area contributed by atoms with Crippen LogP contribution in [0, 0.1) is 6.92 Å². The molecule has 1 heterocycles. The van der Waals surface area contributed by atoms with Crippen LogP contribution in [0.4, 0.5) is 23.1 Å². The standard InChI is InChI=1S/C18H27N5/c1-5-12-19-17-13-14(4)20-18(22-17)21-15-8-10-16(11-9-15)23(6-2)7-3/h8-11,13H,5-7,12H2,1-4H3,(H2,19,20,21,22). The van der Waals surface area contributed by atoms with Gasteiger partial charge in [-0.2, -0.15) is 4.98 Å². The molecule has 2 rings (SSSR count). The Hall–Kier alpha value is -2.30. The van der Waals surface area contributed by atoms with Crippen molar-refractivity contribution < 1.29 is 0 Å². The Morgan fingerprint density at radius 1 is 1.00 bits per heavy atom. The van der Waals surface area contributed by atoms with Crippen LogP contribution in [0.15, 0.2) is 30.3 Å². The Bertz CT molecular complexity index is 605. The summed E-state index contributed by atoms with van der Waals surface area (Å²) in [5.74, 6) is 1.49. The summed E-state index contributed by atoms with van der Waals surface area (Å²) >= 11 is 0. The third-order valence-corrected chi connectivity index (χ3v) is 3.66. The molecule has 0 saturated carbocycles. The molecule has 0 unspecified atom stereocenters. The number of hydrogen-bond donors (Lipinski definition) is 2. The summed E-state index contributed by atoms with van der Waals surface area (Å²) in [5.41, 5.74) is 3.17. The quantitative estimate of drug-likeness (QED) is 0.765. The van der Waals surface area contributed by atoms with Gasteiger partial charge >= 0.3 is 0 Å². The molecule has 0 spiro atoms. The zero-order valence-electron chi connectivity index (χ0n) is 14.6. The lowest BCUT2D eigenvalue weighted by atomic mass is 10.2. The third-order valence-electron chi connectivity index (χ3n) is 3.66. The van der Waals surface area contributed by atoms with Crippen molar-refractivity contribution in [3.05, 3.63) is 36.0 Å². The highest BCUT2D eigenvalue weighted by atomic mass is 15.1. The molecule has 0 aliphatic rings. The zero-order chi connectivity index (χ0) is 16.7. The van der Waals surface area contributed by atoms with E-state index in [0.29, 0.717) is 5.95 Å². The van der Waals surface area contributed by atoms with Gasteiger partial charge in [-0.3, -0.25) is 0 Å². The third kappa shape index (κ3) is 4.84. The normalized spacial score (nSPS) is 10.4. The molecule has 5 heteroatoms. The van der Waals surface area contributed by atoms with Gasteiger partial charge in [0.1, 0.15) is 5.82 Å². The Labute approximate surface area is 139 Å². The van der Waals surface area contributed by atoms with Crippen LogP contribution in [0.3, 0.4) is 0 Å². The fourth-order valence-corrected chi connectivity index (χ4v) is 2.44. The lowest BCUT2D eigenvalue weighted by Crippen LogP contribution is -2.21. The largest absolute Gasteiger partial charge is 0.372 e. The van der Waals surface area contributed by atoms with Crippen molar-refractivity contribution >= 4 is 23.1 Å². The SMILES string of the molecule is CCCNc1cc(C)nc(Nc2ccc(N(CC)CC)cc2)n1. The van der Waals surface area contributed by atoms with Crippen LogP contribution in [-0.2, 0) is 0 Å². The summed E-state index contributed by atoms with van der Waals surface area (Å²) in [5, 5.41) is 6.59. The molecule has 0 atom stereocenters. The van der Waals surface area contributed by atoms with E-state index in [2.05, 4.69) is 70.5 Å². The number of nitrogens with zero attached hydrogens (tertiary/aromatic N) is 3. The summed E-state index contributed by atoms with van der Waals surface area (Å²) in [6, 6.07) is 10.4. The molecule has 2 N–H and O–H groups in total. The van der Waals surface area contributed by atoms with E-state index in [1.54, 1.807) is 0 Å². The summed E-state index contributed by atoms with van der Waals surface area (Å²) < 4.78 is 0. The van der Waals surface area contributed by atoms with E-state index in [0.717, 1.165) is 43.3 Å². The van der Waals surface area contributed by atoms with E-state index in [-0.39, 0.29) is 0 Å². The highest BCUT2D eigenvalue weighted by Crippen LogP contribution is 2.20. The topological polar surface area (TPSA) is 53.1 Å². The van der Waals surface area contributed by atoms with E-state index in [9.17, 15) is 0 Å². The fourth-order valence-electron chi connectivity index (χ4n) is 2.44. The highest BCUT2D eigenvalue weighted by Gasteiger charge is 2.04. The van der Waals surface area contributed by atoms with Gasteiger partial charge in [-0.25, -0.2) is 4.98 Å². The molecular weight excluding hydrogens is 286 g/mol. The summed E-state index contributed by atoms with van der Waals surface area (Å²) in [7, 11) is 0. The first-order chi connectivity index (χ1) is 11.2. The predicted molar refractivity (Wildman–Crippen MR) is 98.8 cm³/mol.